The van der Waals surface area contributed by atoms with Crippen LogP contribution >= 0.6 is 22.6 Å². The van der Waals surface area contributed by atoms with E-state index in [9.17, 15) is 18.8 Å². The number of barbiturate groups is 1. The predicted octanol–water partition coefficient (Wildman–Crippen LogP) is 5.29. The molecule has 4 amide bonds. The van der Waals surface area contributed by atoms with Crippen molar-refractivity contribution in [2.75, 3.05) is 4.90 Å². The molecule has 0 saturated carbocycles. The maximum Gasteiger partial charge on any atom is 0.335 e. The van der Waals surface area contributed by atoms with Gasteiger partial charge in [-0.3, -0.25) is 14.9 Å². The Labute approximate surface area is 209 Å². The number of carbonyl (C=O) groups excluding carboxylic acids is 3. The molecule has 1 fully saturated rings. The quantitative estimate of drug-likeness (QED) is 0.257. The number of amides is 4. The van der Waals surface area contributed by atoms with Crippen LogP contribution in [0.4, 0.5) is 14.9 Å². The van der Waals surface area contributed by atoms with Crippen molar-refractivity contribution >= 4 is 52.2 Å². The molecule has 0 spiro atoms. The highest BCUT2D eigenvalue weighted by Crippen LogP contribution is 2.27. The first kappa shape index (κ1) is 23.6. The van der Waals surface area contributed by atoms with E-state index in [0.717, 1.165) is 16.0 Å². The van der Waals surface area contributed by atoms with Gasteiger partial charge in [0.05, 0.1) is 9.26 Å². The molecule has 1 saturated heterocycles. The second-order valence-electron chi connectivity index (χ2n) is 7.80. The Hall–Kier alpha value is -3.53. The van der Waals surface area contributed by atoms with Crippen LogP contribution in [0.15, 0.2) is 66.2 Å². The fraction of sp³-hybridized carbons (Fsp3) is 0.115. The number of ether oxygens (including phenoxy) is 1. The zero-order valence-electron chi connectivity index (χ0n) is 18.4. The Bertz CT molecular complexity index is 1350. The summed E-state index contributed by atoms with van der Waals surface area (Å²) >= 11 is 2.07. The first-order chi connectivity index (χ1) is 16.2. The van der Waals surface area contributed by atoms with E-state index in [4.69, 9.17) is 4.74 Å². The van der Waals surface area contributed by atoms with Gasteiger partial charge >= 0.3 is 6.03 Å². The molecule has 4 rings (SSSR count). The summed E-state index contributed by atoms with van der Waals surface area (Å²) in [6.07, 6.45) is 1.43. The molecule has 1 aliphatic heterocycles. The van der Waals surface area contributed by atoms with Crippen LogP contribution in [-0.2, 0) is 16.2 Å². The Balaban J connectivity index is 1.58. The van der Waals surface area contributed by atoms with E-state index < -0.39 is 17.8 Å². The van der Waals surface area contributed by atoms with Crippen LogP contribution in [-0.4, -0.2) is 17.8 Å². The van der Waals surface area contributed by atoms with Crippen LogP contribution in [0.1, 0.15) is 22.3 Å². The lowest BCUT2D eigenvalue weighted by Crippen LogP contribution is -2.54. The number of carbonyl (C=O) groups is 3. The number of halogens is 2. The molecule has 0 unspecified atom stereocenters. The molecule has 8 heteroatoms. The molecule has 3 aromatic carbocycles. The molecule has 34 heavy (non-hydrogen) atoms. The lowest BCUT2D eigenvalue weighted by Gasteiger charge is -2.26. The van der Waals surface area contributed by atoms with Crippen LogP contribution in [0.2, 0.25) is 0 Å². The van der Waals surface area contributed by atoms with Gasteiger partial charge in [0.15, 0.2) is 0 Å². The first-order valence-electron chi connectivity index (χ1n) is 10.4. The monoisotopic (exact) mass is 570 g/mol. The molecule has 0 atom stereocenters. The molecule has 6 nitrogen and oxygen atoms in total. The standard InChI is InChI=1S/C26H20FIN2O4/c1-15-7-9-19(11-16(15)2)30-25(32)20(24(31)29-26(30)33)12-17-8-10-23(22(28)13-17)34-14-18-5-3-4-6-21(18)27/h3-13H,14H2,1-2H3,(H,29,31,33)/b20-12+. The molecular weight excluding hydrogens is 550 g/mol. The number of urea groups is 1. The summed E-state index contributed by atoms with van der Waals surface area (Å²) in [5.41, 5.74) is 3.18. The highest BCUT2D eigenvalue weighted by molar-refractivity contribution is 14.1. The summed E-state index contributed by atoms with van der Waals surface area (Å²) in [6.45, 7) is 3.87. The van der Waals surface area contributed by atoms with Crippen molar-refractivity contribution in [2.45, 2.75) is 20.5 Å². The predicted molar refractivity (Wildman–Crippen MR) is 135 cm³/mol. The van der Waals surface area contributed by atoms with Crippen LogP contribution in [0.3, 0.4) is 0 Å². The van der Waals surface area contributed by atoms with Crippen molar-refractivity contribution in [1.29, 1.82) is 0 Å². The van der Waals surface area contributed by atoms with Crippen LogP contribution in [0, 0.1) is 23.2 Å². The number of hydrogen-bond acceptors (Lipinski definition) is 4. The third kappa shape index (κ3) is 4.86. The summed E-state index contributed by atoms with van der Waals surface area (Å²) in [6, 6.07) is 15.9. The molecule has 172 valence electrons. The Kier molecular flexibility index (Phi) is 6.78. The van der Waals surface area contributed by atoms with E-state index in [-0.39, 0.29) is 18.0 Å². The minimum atomic E-state index is -0.790. The smallest absolute Gasteiger partial charge is 0.335 e. The number of nitrogens with one attached hydrogen (secondary N) is 1. The number of aryl methyl sites for hydroxylation is 2. The van der Waals surface area contributed by atoms with E-state index in [1.54, 1.807) is 48.5 Å². The van der Waals surface area contributed by atoms with Gasteiger partial charge in [-0.1, -0.05) is 30.3 Å². The fourth-order valence-electron chi connectivity index (χ4n) is 3.42. The number of imide groups is 2. The molecule has 1 aliphatic rings. The van der Waals surface area contributed by atoms with Gasteiger partial charge in [0.1, 0.15) is 23.7 Å². The maximum absolute atomic E-state index is 13.8. The molecule has 0 radical (unpaired) electrons. The van der Waals surface area contributed by atoms with Gasteiger partial charge in [0, 0.05) is 5.56 Å². The van der Waals surface area contributed by atoms with Crippen molar-refractivity contribution in [3.63, 3.8) is 0 Å². The van der Waals surface area contributed by atoms with Gasteiger partial charge in [-0.05, 0) is 89.5 Å². The largest absolute Gasteiger partial charge is 0.488 e. The third-order valence-corrected chi connectivity index (χ3v) is 6.30. The van der Waals surface area contributed by atoms with E-state index >= 15 is 0 Å². The van der Waals surface area contributed by atoms with E-state index in [0.29, 0.717) is 26.1 Å². The average Bonchev–Trinajstić information content (AvgIpc) is 2.79. The second kappa shape index (κ2) is 9.76. The van der Waals surface area contributed by atoms with E-state index in [1.165, 1.54) is 12.1 Å². The van der Waals surface area contributed by atoms with Gasteiger partial charge in [0.25, 0.3) is 11.8 Å². The van der Waals surface area contributed by atoms with E-state index in [2.05, 4.69) is 27.9 Å². The molecule has 0 aromatic heterocycles. The molecule has 1 N–H and O–H groups in total. The summed E-state index contributed by atoms with van der Waals surface area (Å²) in [4.78, 5) is 38.9. The fourth-order valence-corrected chi connectivity index (χ4v) is 4.11. The summed E-state index contributed by atoms with van der Waals surface area (Å²) in [5, 5.41) is 2.23. The van der Waals surface area contributed by atoms with Crippen molar-refractivity contribution in [2.24, 2.45) is 0 Å². The topological polar surface area (TPSA) is 75.7 Å². The zero-order valence-corrected chi connectivity index (χ0v) is 20.6. The summed E-state index contributed by atoms with van der Waals surface area (Å²) < 4.78 is 20.3. The number of nitrogens with zero attached hydrogens (tertiary/aromatic N) is 1. The molecule has 3 aromatic rings. The number of benzene rings is 3. The highest BCUT2D eigenvalue weighted by atomic mass is 127. The lowest BCUT2D eigenvalue weighted by atomic mass is 10.1. The Morgan fingerprint density at radius 3 is 2.47 bits per heavy atom. The van der Waals surface area contributed by atoms with Gasteiger partial charge in [-0.2, -0.15) is 0 Å². The number of hydrogen-bond donors (Lipinski definition) is 1. The van der Waals surface area contributed by atoms with Crippen LogP contribution in [0.25, 0.3) is 6.08 Å². The van der Waals surface area contributed by atoms with Crippen molar-refractivity contribution in [1.82, 2.24) is 5.32 Å². The minimum Gasteiger partial charge on any atom is -0.488 e. The lowest BCUT2D eigenvalue weighted by molar-refractivity contribution is -0.122. The van der Waals surface area contributed by atoms with Crippen LogP contribution < -0.4 is 15.0 Å². The molecule has 0 aliphatic carbocycles. The van der Waals surface area contributed by atoms with Crippen LogP contribution in [0.5, 0.6) is 5.75 Å². The Morgan fingerprint density at radius 1 is 1.00 bits per heavy atom. The Morgan fingerprint density at radius 2 is 1.76 bits per heavy atom. The molecule has 1 heterocycles. The highest BCUT2D eigenvalue weighted by Gasteiger charge is 2.36. The normalized spacial score (nSPS) is 15.0. The van der Waals surface area contributed by atoms with Crippen molar-refractivity contribution in [3.8, 4) is 5.75 Å². The van der Waals surface area contributed by atoms with Gasteiger partial charge in [-0.15, -0.1) is 0 Å². The summed E-state index contributed by atoms with van der Waals surface area (Å²) in [5.74, 6) is -1.27. The van der Waals surface area contributed by atoms with Crippen molar-refractivity contribution < 1.29 is 23.5 Å². The third-order valence-electron chi connectivity index (χ3n) is 5.46. The van der Waals surface area contributed by atoms with Gasteiger partial charge < -0.3 is 4.74 Å². The average molecular weight is 570 g/mol. The number of rotatable bonds is 5. The minimum absolute atomic E-state index is 0.0665. The zero-order chi connectivity index (χ0) is 24.4. The van der Waals surface area contributed by atoms with Crippen molar-refractivity contribution in [3.05, 3.63) is 97.9 Å². The van der Waals surface area contributed by atoms with Gasteiger partial charge in [-0.25, -0.2) is 14.1 Å². The first-order valence-corrected chi connectivity index (χ1v) is 11.5. The molecular formula is C26H20FIN2O4. The van der Waals surface area contributed by atoms with Gasteiger partial charge in [0.2, 0.25) is 0 Å². The maximum atomic E-state index is 13.8. The van der Waals surface area contributed by atoms with E-state index in [1.807, 2.05) is 19.9 Å². The molecule has 0 bridgehead atoms. The summed E-state index contributed by atoms with van der Waals surface area (Å²) in [7, 11) is 0. The number of anilines is 1. The SMILES string of the molecule is Cc1ccc(N2C(=O)NC(=O)/C(=C\c3ccc(OCc4ccccc4F)c(I)c3)C2=O)cc1C. The second-order valence-corrected chi connectivity index (χ2v) is 8.96.